The Morgan fingerprint density at radius 1 is 1.19 bits per heavy atom. The summed E-state index contributed by atoms with van der Waals surface area (Å²) in [5.41, 5.74) is 0.242. The standard InChI is InChI=1S/C19H24N2O4S/c1-12(2)16-10-21(11-17(16)20-26(3,24)25)19(23)15-8-13-6-4-5-7-14(13)9-18(15)22/h4-9,12,16-17,20,22H,10-11H2,1-3H3/t16-,17+/m0/s1. The molecule has 26 heavy (non-hydrogen) atoms. The molecule has 1 amide bonds. The molecular weight excluding hydrogens is 352 g/mol. The number of hydrogen-bond acceptors (Lipinski definition) is 4. The van der Waals surface area contributed by atoms with Crippen LogP contribution in [0.5, 0.6) is 5.75 Å². The zero-order valence-corrected chi connectivity index (χ0v) is 16.0. The van der Waals surface area contributed by atoms with Crippen molar-refractivity contribution in [3.8, 4) is 5.75 Å². The summed E-state index contributed by atoms with van der Waals surface area (Å²) in [5, 5.41) is 12.0. The molecule has 3 rings (SSSR count). The van der Waals surface area contributed by atoms with Gasteiger partial charge in [-0.25, -0.2) is 13.1 Å². The molecule has 0 radical (unpaired) electrons. The number of carbonyl (C=O) groups excluding carboxylic acids is 1. The molecule has 1 saturated heterocycles. The van der Waals surface area contributed by atoms with Gasteiger partial charge in [0.1, 0.15) is 5.75 Å². The monoisotopic (exact) mass is 376 g/mol. The van der Waals surface area contributed by atoms with Crippen LogP contribution in [0.1, 0.15) is 24.2 Å². The van der Waals surface area contributed by atoms with Crippen LogP contribution in [0.15, 0.2) is 36.4 Å². The minimum Gasteiger partial charge on any atom is -0.507 e. The smallest absolute Gasteiger partial charge is 0.257 e. The van der Waals surface area contributed by atoms with E-state index in [1.54, 1.807) is 17.0 Å². The summed E-state index contributed by atoms with van der Waals surface area (Å²) in [6.07, 6.45) is 1.13. The van der Waals surface area contributed by atoms with Crippen molar-refractivity contribution < 1.29 is 18.3 Å². The first-order valence-corrected chi connectivity index (χ1v) is 10.5. The highest BCUT2D eigenvalue weighted by atomic mass is 32.2. The topological polar surface area (TPSA) is 86.7 Å². The number of phenols is 1. The number of amides is 1. The number of benzene rings is 2. The van der Waals surface area contributed by atoms with E-state index in [-0.39, 0.29) is 35.1 Å². The Labute approximate surface area is 153 Å². The predicted molar refractivity (Wildman–Crippen MR) is 102 cm³/mol. The highest BCUT2D eigenvalue weighted by Crippen LogP contribution is 2.30. The van der Waals surface area contributed by atoms with Crippen LogP contribution in [0.25, 0.3) is 10.8 Å². The van der Waals surface area contributed by atoms with E-state index >= 15 is 0 Å². The number of hydrogen-bond donors (Lipinski definition) is 2. The van der Waals surface area contributed by atoms with Gasteiger partial charge in [-0.15, -0.1) is 0 Å². The summed E-state index contributed by atoms with van der Waals surface area (Å²) in [6, 6.07) is 10.5. The van der Waals surface area contributed by atoms with Crippen molar-refractivity contribution >= 4 is 26.7 Å². The fraction of sp³-hybridized carbons (Fsp3) is 0.421. The lowest BCUT2D eigenvalue weighted by atomic mass is 9.92. The molecule has 0 unspecified atom stereocenters. The second-order valence-electron chi connectivity index (χ2n) is 7.33. The van der Waals surface area contributed by atoms with Gasteiger partial charge in [0.05, 0.1) is 11.8 Å². The summed E-state index contributed by atoms with van der Waals surface area (Å²) in [7, 11) is -3.36. The molecule has 0 aromatic heterocycles. The van der Waals surface area contributed by atoms with Gasteiger partial charge in [0.2, 0.25) is 10.0 Å². The van der Waals surface area contributed by atoms with Crippen LogP contribution in [-0.2, 0) is 10.0 Å². The molecule has 2 N–H and O–H groups in total. The Kier molecular flexibility index (Phi) is 4.94. The second kappa shape index (κ2) is 6.89. The lowest BCUT2D eigenvalue weighted by Gasteiger charge is -2.21. The van der Waals surface area contributed by atoms with Crippen LogP contribution in [-0.4, -0.2) is 49.7 Å². The molecule has 140 valence electrons. The number of likely N-dealkylation sites (tertiary alicyclic amines) is 1. The molecule has 1 heterocycles. The zero-order chi connectivity index (χ0) is 19.1. The first kappa shape index (κ1) is 18.7. The zero-order valence-electron chi connectivity index (χ0n) is 15.1. The minimum absolute atomic E-state index is 0.0243. The van der Waals surface area contributed by atoms with E-state index in [1.807, 2.05) is 38.1 Å². The highest BCUT2D eigenvalue weighted by molar-refractivity contribution is 7.88. The van der Waals surface area contributed by atoms with Crippen molar-refractivity contribution in [1.82, 2.24) is 9.62 Å². The molecule has 1 fully saturated rings. The fourth-order valence-electron chi connectivity index (χ4n) is 3.64. The Balaban J connectivity index is 1.89. The van der Waals surface area contributed by atoms with Crippen LogP contribution >= 0.6 is 0 Å². The first-order valence-electron chi connectivity index (χ1n) is 8.64. The van der Waals surface area contributed by atoms with Crippen LogP contribution in [0, 0.1) is 11.8 Å². The van der Waals surface area contributed by atoms with Gasteiger partial charge >= 0.3 is 0 Å². The molecule has 1 aliphatic rings. The summed E-state index contributed by atoms with van der Waals surface area (Å²) >= 11 is 0. The third kappa shape index (κ3) is 3.83. The average Bonchev–Trinajstić information content (AvgIpc) is 2.95. The third-order valence-electron chi connectivity index (χ3n) is 4.97. The van der Waals surface area contributed by atoms with Gasteiger partial charge in [-0.3, -0.25) is 4.79 Å². The minimum atomic E-state index is -3.36. The molecule has 0 bridgehead atoms. The number of rotatable bonds is 4. The van der Waals surface area contributed by atoms with E-state index in [9.17, 15) is 18.3 Å². The number of sulfonamides is 1. The molecule has 7 heteroatoms. The van der Waals surface area contributed by atoms with E-state index < -0.39 is 10.0 Å². The van der Waals surface area contributed by atoms with Crippen LogP contribution in [0.2, 0.25) is 0 Å². The second-order valence-corrected chi connectivity index (χ2v) is 9.11. The summed E-state index contributed by atoms with van der Waals surface area (Å²) in [5.74, 6) is -0.0976. The van der Waals surface area contributed by atoms with E-state index in [1.165, 1.54) is 0 Å². The molecule has 0 spiro atoms. The molecule has 0 aliphatic carbocycles. The number of nitrogens with one attached hydrogen (secondary N) is 1. The number of nitrogens with zero attached hydrogens (tertiary/aromatic N) is 1. The molecule has 6 nitrogen and oxygen atoms in total. The molecular formula is C19H24N2O4S. The van der Waals surface area contributed by atoms with Crippen molar-refractivity contribution in [3.05, 3.63) is 42.0 Å². The van der Waals surface area contributed by atoms with Crippen molar-refractivity contribution in [2.75, 3.05) is 19.3 Å². The molecule has 2 atom stereocenters. The van der Waals surface area contributed by atoms with E-state index in [4.69, 9.17) is 0 Å². The summed E-state index contributed by atoms with van der Waals surface area (Å²) in [6.45, 7) is 4.78. The maximum Gasteiger partial charge on any atom is 0.257 e. The fourth-order valence-corrected chi connectivity index (χ4v) is 4.44. The Morgan fingerprint density at radius 3 is 2.38 bits per heavy atom. The summed E-state index contributed by atoms with van der Waals surface area (Å²) in [4.78, 5) is 14.6. The van der Waals surface area contributed by atoms with Gasteiger partial charge < -0.3 is 10.0 Å². The maximum absolute atomic E-state index is 13.0. The van der Waals surface area contributed by atoms with Crippen LogP contribution in [0.4, 0.5) is 0 Å². The van der Waals surface area contributed by atoms with Gasteiger partial charge in [0, 0.05) is 19.1 Å². The lowest BCUT2D eigenvalue weighted by Crippen LogP contribution is -2.41. The van der Waals surface area contributed by atoms with Crippen LogP contribution in [0.3, 0.4) is 0 Å². The lowest BCUT2D eigenvalue weighted by molar-refractivity contribution is 0.0780. The highest BCUT2D eigenvalue weighted by Gasteiger charge is 2.39. The Hall–Kier alpha value is -2.12. The van der Waals surface area contributed by atoms with Gasteiger partial charge in [0.15, 0.2) is 0 Å². The SMILES string of the molecule is CC(C)[C@@H]1CN(C(=O)c2cc3ccccc3cc2O)C[C@H]1NS(C)(=O)=O. The van der Waals surface area contributed by atoms with Crippen molar-refractivity contribution in [1.29, 1.82) is 0 Å². The van der Waals surface area contributed by atoms with E-state index in [0.717, 1.165) is 17.0 Å². The predicted octanol–water partition coefficient (Wildman–Crippen LogP) is 2.19. The third-order valence-corrected chi connectivity index (χ3v) is 5.70. The Bertz CT molecular complexity index is 940. The molecule has 2 aromatic rings. The molecule has 2 aromatic carbocycles. The van der Waals surface area contributed by atoms with Crippen molar-refractivity contribution in [2.24, 2.45) is 11.8 Å². The first-order chi connectivity index (χ1) is 12.2. The number of fused-ring (bicyclic) bond motifs is 1. The van der Waals surface area contributed by atoms with E-state index in [2.05, 4.69) is 4.72 Å². The molecule has 0 saturated carbocycles. The normalized spacial score (nSPS) is 20.8. The molecule has 1 aliphatic heterocycles. The largest absolute Gasteiger partial charge is 0.507 e. The van der Waals surface area contributed by atoms with Crippen molar-refractivity contribution in [3.63, 3.8) is 0 Å². The van der Waals surface area contributed by atoms with Gasteiger partial charge in [-0.2, -0.15) is 0 Å². The van der Waals surface area contributed by atoms with Gasteiger partial charge in [-0.1, -0.05) is 38.1 Å². The number of phenolic OH excluding ortho intramolecular Hbond substituents is 1. The quantitative estimate of drug-likeness (QED) is 0.856. The Morgan fingerprint density at radius 2 is 1.81 bits per heavy atom. The van der Waals surface area contributed by atoms with E-state index in [0.29, 0.717) is 13.1 Å². The maximum atomic E-state index is 13.0. The number of aromatic hydroxyl groups is 1. The van der Waals surface area contributed by atoms with Gasteiger partial charge in [-0.05, 0) is 34.7 Å². The number of carbonyl (C=O) groups is 1. The average molecular weight is 376 g/mol. The van der Waals surface area contributed by atoms with Crippen molar-refractivity contribution in [2.45, 2.75) is 19.9 Å². The van der Waals surface area contributed by atoms with Gasteiger partial charge in [0.25, 0.3) is 5.91 Å². The van der Waals surface area contributed by atoms with Crippen LogP contribution < -0.4 is 4.72 Å². The summed E-state index contributed by atoms with van der Waals surface area (Å²) < 4.78 is 25.9.